The first-order valence-electron chi connectivity index (χ1n) is 7.76. The summed E-state index contributed by atoms with van der Waals surface area (Å²) in [4.78, 5) is 16.0. The van der Waals surface area contributed by atoms with E-state index < -0.39 is 0 Å². The lowest BCUT2D eigenvalue weighted by atomic mass is 10.1. The number of aromatic nitrogens is 1. The minimum atomic E-state index is 0.00520. The molecular weight excluding hydrogens is 352 g/mol. The molecule has 2 aromatic carbocycles. The molecule has 1 aliphatic rings. The van der Waals surface area contributed by atoms with Crippen molar-refractivity contribution in [1.29, 1.82) is 0 Å². The minimum Gasteiger partial charge on any atom is -0.357 e. The van der Waals surface area contributed by atoms with Crippen molar-refractivity contribution < 1.29 is 4.79 Å². The first-order valence-corrected chi connectivity index (χ1v) is 8.56. The summed E-state index contributed by atoms with van der Waals surface area (Å²) in [6, 6.07) is 14.4. The van der Waals surface area contributed by atoms with Crippen LogP contribution in [0.1, 0.15) is 16.8 Å². The van der Waals surface area contributed by atoms with Gasteiger partial charge in [0.2, 0.25) is 5.91 Å². The van der Waals surface area contributed by atoms with Gasteiger partial charge in [-0.3, -0.25) is 4.79 Å². The zero-order valence-corrected chi connectivity index (χ0v) is 14.4. The lowest BCUT2D eigenvalue weighted by molar-refractivity contribution is -0.119. The summed E-state index contributed by atoms with van der Waals surface area (Å²) in [5.74, 6) is 0.0997. The summed E-state index contributed by atoms with van der Waals surface area (Å²) in [7, 11) is 0. The molecule has 0 bridgehead atoms. The van der Waals surface area contributed by atoms with Crippen LogP contribution in [-0.2, 0) is 17.6 Å². The quantitative estimate of drug-likeness (QED) is 0.682. The van der Waals surface area contributed by atoms with Gasteiger partial charge in [-0.05, 0) is 55.2 Å². The van der Waals surface area contributed by atoms with Crippen LogP contribution in [0.25, 0.3) is 10.9 Å². The number of rotatable bonds is 2. The highest BCUT2D eigenvalue weighted by molar-refractivity contribution is 9.10. The molecule has 0 aliphatic heterocycles. The van der Waals surface area contributed by atoms with E-state index in [9.17, 15) is 4.79 Å². The Kier molecular flexibility index (Phi) is 3.49. The number of halogens is 1. The number of hydrogen-bond acceptors (Lipinski definition) is 1. The van der Waals surface area contributed by atoms with Crippen LogP contribution in [0.5, 0.6) is 0 Å². The lowest BCUT2D eigenvalue weighted by Gasteiger charge is -2.11. The molecule has 1 amide bonds. The molecule has 1 atom stereocenters. The van der Waals surface area contributed by atoms with Crippen molar-refractivity contribution in [2.45, 2.75) is 19.8 Å². The third-order valence-electron chi connectivity index (χ3n) is 4.52. The number of H-pyrrole nitrogens is 1. The maximum Gasteiger partial charge on any atom is 0.228 e. The minimum absolute atomic E-state index is 0.00520. The molecule has 2 N–H and O–H groups in total. The van der Waals surface area contributed by atoms with Crippen LogP contribution in [0.4, 0.5) is 5.69 Å². The van der Waals surface area contributed by atoms with Crippen molar-refractivity contribution in [3.8, 4) is 0 Å². The highest BCUT2D eigenvalue weighted by Gasteiger charge is 2.27. The van der Waals surface area contributed by atoms with E-state index in [1.54, 1.807) is 0 Å². The van der Waals surface area contributed by atoms with Crippen molar-refractivity contribution in [3.05, 3.63) is 63.8 Å². The van der Waals surface area contributed by atoms with Crippen LogP contribution >= 0.6 is 15.9 Å². The Bertz CT molecular complexity index is 913. The zero-order chi connectivity index (χ0) is 16.0. The van der Waals surface area contributed by atoms with Crippen LogP contribution in [0.2, 0.25) is 0 Å². The van der Waals surface area contributed by atoms with Gasteiger partial charge in [-0.15, -0.1) is 0 Å². The van der Waals surface area contributed by atoms with E-state index >= 15 is 0 Å². The summed E-state index contributed by atoms with van der Waals surface area (Å²) < 4.78 is 1.07. The van der Waals surface area contributed by atoms with E-state index in [0.29, 0.717) is 0 Å². The Morgan fingerprint density at radius 1 is 1.17 bits per heavy atom. The number of carbonyl (C=O) groups excluding carboxylic acids is 1. The number of nitrogens with one attached hydrogen (secondary N) is 2. The molecule has 1 unspecified atom stereocenters. The van der Waals surface area contributed by atoms with E-state index in [2.05, 4.69) is 50.5 Å². The summed E-state index contributed by atoms with van der Waals surface area (Å²) in [5.41, 5.74) is 5.50. The van der Waals surface area contributed by atoms with E-state index in [-0.39, 0.29) is 11.8 Å². The Hall–Kier alpha value is -2.07. The number of aryl methyl sites for hydroxylation is 1. The molecule has 3 aromatic rings. The first-order chi connectivity index (χ1) is 11.1. The standard InChI is InChI=1S/C19H17BrN2O/c1-11-7-13-3-2-4-17(18(13)21-11)22-19(23)15-8-12-5-6-16(20)10-14(12)9-15/h2-7,10,15,21H,8-9H2,1H3,(H,22,23). The van der Waals surface area contributed by atoms with Gasteiger partial charge < -0.3 is 10.3 Å². The van der Waals surface area contributed by atoms with Crippen molar-refractivity contribution in [2.75, 3.05) is 5.32 Å². The second-order valence-corrected chi connectivity index (χ2v) is 7.15. The molecule has 116 valence electrons. The van der Waals surface area contributed by atoms with Crippen molar-refractivity contribution in [3.63, 3.8) is 0 Å². The number of hydrogen-bond donors (Lipinski definition) is 2. The van der Waals surface area contributed by atoms with Crippen LogP contribution in [0.15, 0.2) is 46.9 Å². The fourth-order valence-corrected chi connectivity index (χ4v) is 3.82. The third kappa shape index (κ3) is 2.68. The van der Waals surface area contributed by atoms with Crippen LogP contribution in [-0.4, -0.2) is 10.9 Å². The van der Waals surface area contributed by atoms with Crippen molar-refractivity contribution in [1.82, 2.24) is 4.98 Å². The molecule has 0 saturated heterocycles. The molecule has 0 radical (unpaired) electrons. The number of anilines is 1. The molecule has 0 fully saturated rings. The van der Waals surface area contributed by atoms with Gasteiger partial charge in [-0.25, -0.2) is 0 Å². The first kappa shape index (κ1) is 14.5. The Morgan fingerprint density at radius 2 is 2.00 bits per heavy atom. The molecule has 4 rings (SSSR count). The molecule has 1 aromatic heterocycles. The lowest BCUT2D eigenvalue weighted by Crippen LogP contribution is -2.23. The molecule has 23 heavy (non-hydrogen) atoms. The van der Waals surface area contributed by atoms with E-state index in [0.717, 1.165) is 39.6 Å². The Morgan fingerprint density at radius 3 is 2.87 bits per heavy atom. The summed E-state index contributed by atoms with van der Waals surface area (Å²) in [6.07, 6.45) is 1.62. The van der Waals surface area contributed by atoms with Crippen molar-refractivity contribution >= 4 is 38.4 Å². The SMILES string of the molecule is Cc1cc2cccc(NC(=O)C3Cc4ccc(Br)cc4C3)c2[nH]1. The molecule has 1 aliphatic carbocycles. The predicted molar refractivity (Wildman–Crippen MR) is 96.7 cm³/mol. The smallest absolute Gasteiger partial charge is 0.228 e. The summed E-state index contributed by atoms with van der Waals surface area (Å²) in [6.45, 7) is 2.02. The zero-order valence-electron chi connectivity index (χ0n) is 12.8. The van der Waals surface area contributed by atoms with Gasteiger partial charge in [0.25, 0.3) is 0 Å². The molecular formula is C19H17BrN2O. The van der Waals surface area contributed by atoms with Crippen molar-refractivity contribution in [2.24, 2.45) is 5.92 Å². The number of para-hydroxylation sites is 1. The third-order valence-corrected chi connectivity index (χ3v) is 5.01. The van der Waals surface area contributed by atoms with Gasteiger partial charge >= 0.3 is 0 Å². The Labute approximate surface area is 143 Å². The average molecular weight is 369 g/mol. The normalized spacial score (nSPS) is 16.5. The average Bonchev–Trinajstić information content (AvgIpc) is 3.09. The predicted octanol–water partition coefficient (Wildman–Crippen LogP) is 4.59. The van der Waals surface area contributed by atoms with Gasteiger partial charge in [-0.2, -0.15) is 0 Å². The molecule has 0 spiro atoms. The van der Waals surface area contributed by atoms with Crippen LogP contribution in [0.3, 0.4) is 0 Å². The number of fused-ring (bicyclic) bond motifs is 2. The largest absolute Gasteiger partial charge is 0.357 e. The summed E-state index contributed by atoms with van der Waals surface area (Å²) in [5, 5.41) is 4.23. The van der Waals surface area contributed by atoms with Gasteiger partial charge in [0.05, 0.1) is 11.2 Å². The fraction of sp³-hybridized carbons (Fsp3) is 0.211. The van der Waals surface area contributed by atoms with Gasteiger partial charge in [0, 0.05) is 21.5 Å². The molecule has 0 saturated carbocycles. The fourth-order valence-electron chi connectivity index (χ4n) is 3.41. The summed E-state index contributed by atoms with van der Waals surface area (Å²) >= 11 is 3.50. The van der Waals surface area contributed by atoms with Gasteiger partial charge in [0.1, 0.15) is 0 Å². The monoisotopic (exact) mass is 368 g/mol. The number of aromatic amines is 1. The number of benzene rings is 2. The highest BCUT2D eigenvalue weighted by Crippen LogP contribution is 2.31. The van der Waals surface area contributed by atoms with Gasteiger partial charge in [0.15, 0.2) is 0 Å². The molecule has 4 heteroatoms. The number of carbonyl (C=O) groups is 1. The Balaban J connectivity index is 1.57. The topological polar surface area (TPSA) is 44.9 Å². The maximum atomic E-state index is 12.7. The van der Waals surface area contributed by atoms with Crippen LogP contribution in [0, 0.1) is 12.8 Å². The maximum absolute atomic E-state index is 12.7. The second-order valence-electron chi connectivity index (χ2n) is 6.23. The van der Waals surface area contributed by atoms with Crippen LogP contribution < -0.4 is 5.32 Å². The highest BCUT2D eigenvalue weighted by atomic mass is 79.9. The molecule has 3 nitrogen and oxygen atoms in total. The van der Waals surface area contributed by atoms with E-state index in [4.69, 9.17) is 0 Å². The number of amides is 1. The van der Waals surface area contributed by atoms with E-state index in [1.165, 1.54) is 11.1 Å². The van der Waals surface area contributed by atoms with Gasteiger partial charge in [-0.1, -0.05) is 34.1 Å². The van der Waals surface area contributed by atoms with E-state index in [1.807, 2.05) is 25.1 Å². The molecule has 1 heterocycles. The second kappa shape index (κ2) is 5.53.